The van der Waals surface area contributed by atoms with E-state index >= 15 is 0 Å². The molecule has 86 valence electrons. The number of nitrogens with zero attached hydrogens (tertiary/aromatic N) is 1. The van der Waals surface area contributed by atoms with E-state index in [2.05, 4.69) is 24.9 Å². The molecule has 1 atom stereocenters. The van der Waals surface area contributed by atoms with Gasteiger partial charge in [0.25, 0.3) is 0 Å². The minimum Gasteiger partial charge on any atom is -0.299 e. The molecular weight excluding hydrogens is 198 g/mol. The van der Waals surface area contributed by atoms with Crippen LogP contribution in [0.4, 0.5) is 0 Å². The van der Waals surface area contributed by atoms with Crippen LogP contribution >= 0.6 is 0 Å². The highest BCUT2D eigenvalue weighted by Crippen LogP contribution is 2.37. The Bertz CT molecular complexity index is 365. The van der Waals surface area contributed by atoms with E-state index in [1.54, 1.807) is 0 Å². The first-order valence-corrected chi connectivity index (χ1v) is 6.17. The standard InChI is InChI=1S/C14H19NO/c1-3-11-4-7-13(15-9-11)8-14(16)10(2)12-5-6-12/h4,7,9-10,12H,3,5-6,8H2,1-2H3. The van der Waals surface area contributed by atoms with Crippen molar-refractivity contribution in [2.75, 3.05) is 0 Å². The second-order valence-corrected chi connectivity index (χ2v) is 4.78. The lowest BCUT2D eigenvalue weighted by atomic mass is 9.97. The molecule has 1 saturated carbocycles. The van der Waals surface area contributed by atoms with Crippen molar-refractivity contribution in [3.05, 3.63) is 29.6 Å². The third-order valence-corrected chi connectivity index (χ3v) is 3.49. The van der Waals surface area contributed by atoms with Gasteiger partial charge in [-0.15, -0.1) is 0 Å². The number of ketones is 1. The van der Waals surface area contributed by atoms with Gasteiger partial charge in [-0.3, -0.25) is 9.78 Å². The molecule has 1 fully saturated rings. The third kappa shape index (κ3) is 2.69. The van der Waals surface area contributed by atoms with Crippen LogP contribution in [0.5, 0.6) is 0 Å². The van der Waals surface area contributed by atoms with Gasteiger partial charge in [0.05, 0.1) is 0 Å². The lowest BCUT2D eigenvalue weighted by molar-refractivity contribution is -0.122. The van der Waals surface area contributed by atoms with Gasteiger partial charge >= 0.3 is 0 Å². The first-order valence-electron chi connectivity index (χ1n) is 6.17. The van der Waals surface area contributed by atoms with E-state index in [0.717, 1.165) is 12.1 Å². The molecule has 0 aliphatic heterocycles. The Morgan fingerprint density at radius 3 is 2.75 bits per heavy atom. The second kappa shape index (κ2) is 4.77. The van der Waals surface area contributed by atoms with Crippen LogP contribution in [0, 0.1) is 11.8 Å². The molecule has 1 unspecified atom stereocenters. The summed E-state index contributed by atoms with van der Waals surface area (Å²) in [6.45, 7) is 4.16. The molecule has 0 aromatic carbocycles. The fraction of sp³-hybridized carbons (Fsp3) is 0.571. The number of Topliss-reactive ketones (excluding diaryl/α,β-unsaturated/α-hetero) is 1. The highest BCUT2D eigenvalue weighted by atomic mass is 16.1. The van der Waals surface area contributed by atoms with Gasteiger partial charge in [0.2, 0.25) is 0 Å². The van der Waals surface area contributed by atoms with Crippen LogP contribution in [0.1, 0.15) is 37.9 Å². The first kappa shape index (κ1) is 11.3. The SMILES string of the molecule is CCc1ccc(CC(=O)C(C)C2CC2)nc1. The molecule has 0 saturated heterocycles. The van der Waals surface area contributed by atoms with E-state index in [9.17, 15) is 4.79 Å². The summed E-state index contributed by atoms with van der Waals surface area (Å²) in [5, 5.41) is 0. The van der Waals surface area contributed by atoms with Crippen LogP contribution in [0.3, 0.4) is 0 Å². The average molecular weight is 217 g/mol. The Morgan fingerprint density at radius 1 is 1.50 bits per heavy atom. The van der Waals surface area contributed by atoms with Gasteiger partial charge in [-0.2, -0.15) is 0 Å². The quantitative estimate of drug-likeness (QED) is 0.759. The summed E-state index contributed by atoms with van der Waals surface area (Å²) in [4.78, 5) is 16.2. The molecule has 2 nitrogen and oxygen atoms in total. The molecule has 1 heterocycles. The van der Waals surface area contributed by atoms with Crippen LogP contribution in [-0.4, -0.2) is 10.8 Å². The molecule has 1 aliphatic rings. The maximum absolute atomic E-state index is 11.9. The second-order valence-electron chi connectivity index (χ2n) is 4.78. The number of carbonyl (C=O) groups excluding carboxylic acids is 1. The Balaban J connectivity index is 1.94. The topological polar surface area (TPSA) is 30.0 Å². The smallest absolute Gasteiger partial charge is 0.141 e. The predicted molar refractivity (Wildman–Crippen MR) is 64.2 cm³/mol. The Hall–Kier alpha value is -1.18. The van der Waals surface area contributed by atoms with Crippen molar-refractivity contribution in [1.82, 2.24) is 4.98 Å². The lowest BCUT2D eigenvalue weighted by Crippen LogP contribution is -2.16. The fourth-order valence-electron chi connectivity index (χ4n) is 1.97. The molecular formula is C14H19NO. The van der Waals surface area contributed by atoms with Gasteiger partial charge in [0.15, 0.2) is 0 Å². The third-order valence-electron chi connectivity index (χ3n) is 3.49. The minimum absolute atomic E-state index is 0.229. The van der Waals surface area contributed by atoms with Crippen LogP contribution < -0.4 is 0 Å². The van der Waals surface area contributed by atoms with Gasteiger partial charge in [0, 0.05) is 24.2 Å². The van der Waals surface area contributed by atoms with Gasteiger partial charge in [-0.05, 0) is 36.8 Å². The van der Waals surface area contributed by atoms with Crippen molar-refractivity contribution in [3.63, 3.8) is 0 Å². The van der Waals surface area contributed by atoms with Crippen LogP contribution in [-0.2, 0) is 17.6 Å². The van der Waals surface area contributed by atoms with Gasteiger partial charge in [0.1, 0.15) is 5.78 Å². The number of rotatable bonds is 5. The van der Waals surface area contributed by atoms with Crippen molar-refractivity contribution in [3.8, 4) is 0 Å². The van der Waals surface area contributed by atoms with E-state index in [0.29, 0.717) is 18.1 Å². The summed E-state index contributed by atoms with van der Waals surface area (Å²) in [6, 6.07) is 4.05. The van der Waals surface area contributed by atoms with E-state index in [-0.39, 0.29) is 5.92 Å². The largest absolute Gasteiger partial charge is 0.299 e. The van der Waals surface area contributed by atoms with E-state index in [1.165, 1.54) is 18.4 Å². The molecule has 16 heavy (non-hydrogen) atoms. The molecule has 0 spiro atoms. The highest BCUT2D eigenvalue weighted by Gasteiger charge is 2.32. The number of hydrogen-bond donors (Lipinski definition) is 0. The summed E-state index contributed by atoms with van der Waals surface area (Å²) in [7, 11) is 0. The predicted octanol–water partition coefficient (Wildman–Crippen LogP) is 2.80. The van der Waals surface area contributed by atoms with Crippen LogP contribution in [0.15, 0.2) is 18.3 Å². The van der Waals surface area contributed by atoms with Crippen molar-refractivity contribution in [1.29, 1.82) is 0 Å². The van der Waals surface area contributed by atoms with E-state index in [4.69, 9.17) is 0 Å². The zero-order valence-corrected chi connectivity index (χ0v) is 10.1. The number of hydrogen-bond acceptors (Lipinski definition) is 2. The molecule has 0 radical (unpaired) electrons. The monoisotopic (exact) mass is 217 g/mol. The Labute approximate surface area is 97.1 Å². The summed E-state index contributed by atoms with van der Waals surface area (Å²) < 4.78 is 0. The summed E-state index contributed by atoms with van der Waals surface area (Å²) >= 11 is 0. The summed E-state index contributed by atoms with van der Waals surface area (Å²) in [5.41, 5.74) is 2.14. The Morgan fingerprint density at radius 2 is 2.25 bits per heavy atom. The maximum Gasteiger partial charge on any atom is 0.141 e. The van der Waals surface area contributed by atoms with Crippen LogP contribution in [0.2, 0.25) is 0 Å². The lowest BCUT2D eigenvalue weighted by Gasteiger charge is -2.08. The summed E-state index contributed by atoms with van der Waals surface area (Å²) in [6.07, 6.45) is 5.84. The number of carbonyl (C=O) groups is 1. The molecule has 1 aromatic rings. The molecule has 0 bridgehead atoms. The number of aromatic nitrogens is 1. The highest BCUT2D eigenvalue weighted by molar-refractivity contribution is 5.83. The average Bonchev–Trinajstić information content (AvgIpc) is 3.13. The fourth-order valence-corrected chi connectivity index (χ4v) is 1.97. The normalized spacial score (nSPS) is 17.1. The van der Waals surface area contributed by atoms with Gasteiger partial charge < -0.3 is 0 Å². The van der Waals surface area contributed by atoms with Crippen molar-refractivity contribution in [2.24, 2.45) is 11.8 Å². The molecule has 0 N–H and O–H groups in total. The van der Waals surface area contributed by atoms with Gasteiger partial charge in [-0.1, -0.05) is 19.9 Å². The number of pyridine rings is 1. The van der Waals surface area contributed by atoms with Crippen molar-refractivity contribution in [2.45, 2.75) is 39.5 Å². The van der Waals surface area contributed by atoms with Crippen molar-refractivity contribution < 1.29 is 4.79 Å². The van der Waals surface area contributed by atoms with Crippen molar-refractivity contribution >= 4 is 5.78 Å². The molecule has 1 aromatic heterocycles. The minimum atomic E-state index is 0.229. The van der Waals surface area contributed by atoms with E-state index < -0.39 is 0 Å². The van der Waals surface area contributed by atoms with Gasteiger partial charge in [-0.25, -0.2) is 0 Å². The Kier molecular flexibility index (Phi) is 3.37. The maximum atomic E-state index is 11.9. The zero-order valence-electron chi connectivity index (χ0n) is 10.1. The van der Waals surface area contributed by atoms with E-state index in [1.807, 2.05) is 12.3 Å². The number of aryl methyl sites for hydroxylation is 1. The molecule has 1 aliphatic carbocycles. The van der Waals surface area contributed by atoms with Crippen LogP contribution in [0.25, 0.3) is 0 Å². The molecule has 0 amide bonds. The molecule has 2 heteroatoms. The summed E-state index contributed by atoms with van der Waals surface area (Å²) in [5.74, 6) is 1.23. The zero-order chi connectivity index (χ0) is 11.5. The molecule has 2 rings (SSSR count). The first-order chi connectivity index (χ1) is 7.70.